The molecular formula is C16H15Cl3N2O3S. The largest absolute Gasteiger partial charge is 0.323 e. The van der Waals surface area contributed by atoms with Gasteiger partial charge in [-0.25, -0.2) is 8.42 Å². The van der Waals surface area contributed by atoms with Crippen molar-refractivity contribution in [1.29, 1.82) is 0 Å². The van der Waals surface area contributed by atoms with Crippen LogP contribution in [0.1, 0.15) is 5.56 Å². The summed E-state index contributed by atoms with van der Waals surface area (Å²) in [6.07, 6.45) is 1.02. The van der Waals surface area contributed by atoms with Gasteiger partial charge in [-0.05, 0) is 42.8 Å². The third-order valence-electron chi connectivity index (χ3n) is 3.33. The zero-order valence-corrected chi connectivity index (χ0v) is 16.5. The van der Waals surface area contributed by atoms with Crippen LogP contribution in [0.3, 0.4) is 0 Å². The Bertz CT molecular complexity index is 917. The molecule has 0 unspecified atom stereocenters. The molecule has 0 atom stereocenters. The van der Waals surface area contributed by atoms with Crippen molar-refractivity contribution in [2.75, 3.05) is 22.4 Å². The van der Waals surface area contributed by atoms with E-state index in [1.165, 1.54) is 18.2 Å². The number of hydrogen-bond donors (Lipinski definition) is 1. The van der Waals surface area contributed by atoms with Gasteiger partial charge in [-0.15, -0.1) is 0 Å². The van der Waals surface area contributed by atoms with Crippen molar-refractivity contribution in [2.45, 2.75) is 6.92 Å². The number of rotatable bonds is 5. The maximum absolute atomic E-state index is 12.4. The van der Waals surface area contributed by atoms with E-state index >= 15 is 0 Å². The highest BCUT2D eigenvalue weighted by molar-refractivity contribution is 7.92. The molecule has 2 aromatic rings. The van der Waals surface area contributed by atoms with Crippen LogP contribution in [0.5, 0.6) is 0 Å². The molecule has 134 valence electrons. The highest BCUT2D eigenvalue weighted by Crippen LogP contribution is 2.28. The number of carbonyl (C=O) groups excluding carboxylic acids is 1. The van der Waals surface area contributed by atoms with Gasteiger partial charge in [-0.2, -0.15) is 0 Å². The number of carbonyl (C=O) groups is 1. The zero-order valence-electron chi connectivity index (χ0n) is 13.4. The molecule has 25 heavy (non-hydrogen) atoms. The van der Waals surface area contributed by atoms with Gasteiger partial charge in [0.25, 0.3) is 0 Å². The third kappa shape index (κ3) is 5.25. The lowest BCUT2D eigenvalue weighted by atomic mass is 10.2. The van der Waals surface area contributed by atoms with Crippen molar-refractivity contribution in [3.8, 4) is 0 Å². The van der Waals surface area contributed by atoms with Crippen LogP contribution >= 0.6 is 34.8 Å². The number of aryl methyl sites for hydroxylation is 1. The molecule has 0 heterocycles. The van der Waals surface area contributed by atoms with E-state index in [-0.39, 0.29) is 0 Å². The molecule has 0 fully saturated rings. The average molecular weight is 422 g/mol. The molecule has 0 aromatic heterocycles. The standard InChI is InChI=1S/C16H15Cl3N2O3S/c1-10-3-4-12(18)8-15(10)21(25(2,23)24)9-16(22)20-14-7-11(17)5-6-13(14)19/h3-8H,9H2,1-2H3,(H,20,22). The van der Waals surface area contributed by atoms with E-state index in [2.05, 4.69) is 5.32 Å². The lowest BCUT2D eigenvalue weighted by Crippen LogP contribution is -2.37. The summed E-state index contributed by atoms with van der Waals surface area (Å²) in [5.41, 5.74) is 1.31. The molecule has 0 radical (unpaired) electrons. The van der Waals surface area contributed by atoms with Gasteiger partial charge in [0.2, 0.25) is 15.9 Å². The van der Waals surface area contributed by atoms with Gasteiger partial charge < -0.3 is 5.32 Å². The van der Waals surface area contributed by atoms with E-state index in [0.29, 0.717) is 32.0 Å². The smallest absolute Gasteiger partial charge is 0.245 e. The number of hydrogen-bond acceptors (Lipinski definition) is 3. The number of nitrogens with one attached hydrogen (secondary N) is 1. The number of benzene rings is 2. The van der Waals surface area contributed by atoms with Gasteiger partial charge >= 0.3 is 0 Å². The summed E-state index contributed by atoms with van der Waals surface area (Å²) in [7, 11) is -3.71. The van der Waals surface area contributed by atoms with Crippen LogP contribution in [0.2, 0.25) is 15.1 Å². The summed E-state index contributed by atoms with van der Waals surface area (Å²) in [5.74, 6) is -0.561. The molecule has 9 heteroatoms. The highest BCUT2D eigenvalue weighted by atomic mass is 35.5. The monoisotopic (exact) mass is 420 g/mol. The maximum atomic E-state index is 12.4. The molecule has 5 nitrogen and oxygen atoms in total. The van der Waals surface area contributed by atoms with Crippen LogP contribution in [0.4, 0.5) is 11.4 Å². The quantitative estimate of drug-likeness (QED) is 0.780. The minimum Gasteiger partial charge on any atom is -0.323 e. The number of amides is 1. The second-order valence-corrected chi connectivity index (χ2v) is 8.56. The lowest BCUT2D eigenvalue weighted by molar-refractivity contribution is -0.114. The normalized spacial score (nSPS) is 11.2. The van der Waals surface area contributed by atoms with E-state index in [0.717, 1.165) is 10.6 Å². The van der Waals surface area contributed by atoms with Gasteiger partial charge in [-0.1, -0.05) is 40.9 Å². The van der Waals surface area contributed by atoms with Gasteiger partial charge in [0.1, 0.15) is 6.54 Å². The van der Waals surface area contributed by atoms with Crippen LogP contribution < -0.4 is 9.62 Å². The molecule has 0 saturated heterocycles. The Labute approximate surface area is 161 Å². The van der Waals surface area contributed by atoms with Crippen molar-refractivity contribution in [2.24, 2.45) is 0 Å². The van der Waals surface area contributed by atoms with Gasteiger partial charge in [-0.3, -0.25) is 9.10 Å². The Morgan fingerprint density at radius 1 is 1.08 bits per heavy atom. The average Bonchev–Trinajstić information content (AvgIpc) is 2.50. The second-order valence-electron chi connectivity index (χ2n) is 5.37. The van der Waals surface area contributed by atoms with Crippen molar-refractivity contribution in [3.63, 3.8) is 0 Å². The Balaban J connectivity index is 2.30. The predicted molar refractivity (Wildman–Crippen MR) is 103 cm³/mol. The number of nitrogens with zero attached hydrogens (tertiary/aromatic N) is 1. The van der Waals surface area contributed by atoms with Crippen LogP contribution in [0, 0.1) is 6.92 Å². The van der Waals surface area contributed by atoms with Crippen molar-refractivity contribution in [3.05, 3.63) is 57.0 Å². The van der Waals surface area contributed by atoms with Gasteiger partial charge in [0.05, 0.1) is 22.7 Å². The van der Waals surface area contributed by atoms with E-state index in [9.17, 15) is 13.2 Å². The maximum Gasteiger partial charge on any atom is 0.245 e. The molecule has 0 aliphatic rings. The Kier molecular flexibility index (Phi) is 6.21. The summed E-state index contributed by atoms with van der Waals surface area (Å²) >= 11 is 17.9. The summed E-state index contributed by atoms with van der Waals surface area (Å²) in [5, 5.41) is 3.62. The van der Waals surface area contributed by atoms with Crippen LogP contribution in [-0.4, -0.2) is 27.1 Å². The second kappa shape index (κ2) is 7.83. The van der Waals surface area contributed by atoms with Crippen molar-refractivity contribution >= 4 is 62.1 Å². The fraction of sp³-hybridized carbons (Fsp3) is 0.188. The van der Waals surface area contributed by atoms with E-state index in [4.69, 9.17) is 34.8 Å². The number of sulfonamides is 1. The van der Waals surface area contributed by atoms with E-state index in [1.54, 1.807) is 25.1 Å². The van der Waals surface area contributed by atoms with Crippen molar-refractivity contribution < 1.29 is 13.2 Å². The minimum atomic E-state index is -3.71. The molecule has 1 N–H and O–H groups in total. The van der Waals surface area contributed by atoms with Crippen LogP contribution in [-0.2, 0) is 14.8 Å². The molecule has 1 amide bonds. The van der Waals surface area contributed by atoms with Crippen LogP contribution in [0.15, 0.2) is 36.4 Å². The molecule has 2 rings (SSSR count). The van der Waals surface area contributed by atoms with E-state index in [1.807, 2.05) is 0 Å². The van der Waals surface area contributed by atoms with Crippen molar-refractivity contribution in [1.82, 2.24) is 0 Å². The third-order valence-corrected chi connectivity index (χ3v) is 5.26. The molecule has 0 aliphatic heterocycles. The number of anilines is 2. The lowest BCUT2D eigenvalue weighted by Gasteiger charge is -2.24. The summed E-state index contributed by atoms with van der Waals surface area (Å²) in [6, 6.07) is 9.43. The molecule has 0 bridgehead atoms. The van der Waals surface area contributed by atoms with Crippen LogP contribution in [0.25, 0.3) is 0 Å². The molecule has 2 aromatic carbocycles. The summed E-state index contributed by atoms with van der Waals surface area (Å²) < 4.78 is 25.3. The summed E-state index contributed by atoms with van der Waals surface area (Å²) in [6.45, 7) is 1.30. The summed E-state index contributed by atoms with van der Waals surface area (Å²) in [4.78, 5) is 12.4. The Morgan fingerprint density at radius 3 is 2.32 bits per heavy atom. The van der Waals surface area contributed by atoms with Gasteiger partial charge in [0.15, 0.2) is 0 Å². The fourth-order valence-electron chi connectivity index (χ4n) is 2.15. The first-order chi connectivity index (χ1) is 11.6. The molecule has 0 spiro atoms. The first-order valence-corrected chi connectivity index (χ1v) is 10.0. The van der Waals surface area contributed by atoms with Gasteiger partial charge in [0, 0.05) is 10.0 Å². The zero-order chi connectivity index (χ0) is 18.8. The highest BCUT2D eigenvalue weighted by Gasteiger charge is 2.23. The Morgan fingerprint density at radius 2 is 1.68 bits per heavy atom. The fourth-order valence-corrected chi connectivity index (χ4v) is 3.55. The van der Waals surface area contributed by atoms with E-state index < -0.39 is 22.5 Å². The SMILES string of the molecule is Cc1ccc(Cl)cc1N(CC(=O)Nc1cc(Cl)ccc1Cl)S(C)(=O)=O. The molecule has 0 aliphatic carbocycles. The molecule has 0 saturated carbocycles. The minimum absolute atomic E-state index is 0.294. The number of halogens is 3. The molecular weight excluding hydrogens is 407 g/mol. The first kappa shape index (κ1) is 19.8. The predicted octanol–water partition coefficient (Wildman–Crippen LogP) is 4.36. The topological polar surface area (TPSA) is 66.5 Å². The first-order valence-electron chi connectivity index (χ1n) is 7.06. The Hall–Kier alpha value is -1.47.